The first-order chi connectivity index (χ1) is 8.60. The quantitative estimate of drug-likeness (QED) is 0.741. The fourth-order valence-electron chi connectivity index (χ4n) is 2.10. The van der Waals surface area contributed by atoms with Gasteiger partial charge in [0, 0.05) is 24.4 Å². The second-order valence-electron chi connectivity index (χ2n) is 5.59. The van der Waals surface area contributed by atoms with Crippen LogP contribution < -0.4 is 10.6 Å². The van der Waals surface area contributed by atoms with E-state index in [2.05, 4.69) is 42.5 Å². The third-order valence-corrected chi connectivity index (χ3v) is 3.51. The molecule has 0 aliphatic heterocycles. The first kappa shape index (κ1) is 15.1. The largest absolute Gasteiger partial charge is 0.319 e. The van der Waals surface area contributed by atoms with E-state index in [1.54, 1.807) is 0 Å². The number of nitrogens with one attached hydrogen (secondary N) is 2. The molecule has 0 aromatic carbocycles. The molecule has 1 rings (SSSR count). The van der Waals surface area contributed by atoms with Gasteiger partial charge in [-0.05, 0) is 37.7 Å². The summed E-state index contributed by atoms with van der Waals surface area (Å²) in [7, 11) is 2.02. The van der Waals surface area contributed by atoms with Crippen molar-refractivity contribution in [3.05, 3.63) is 30.1 Å². The standard InChI is InChI=1S/C15H27N3/c1-5-13(9-16-4)10-18-12-15(2,3)14-7-6-8-17-11-14/h6-8,11,13,16,18H,5,9-10,12H2,1-4H3. The van der Waals surface area contributed by atoms with Crippen LogP contribution in [0.15, 0.2) is 24.5 Å². The topological polar surface area (TPSA) is 37.0 Å². The van der Waals surface area contributed by atoms with Crippen molar-refractivity contribution >= 4 is 0 Å². The minimum atomic E-state index is 0.131. The molecule has 0 aliphatic rings. The maximum absolute atomic E-state index is 4.20. The smallest absolute Gasteiger partial charge is 0.0305 e. The highest BCUT2D eigenvalue weighted by Crippen LogP contribution is 2.20. The normalized spacial score (nSPS) is 13.6. The van der Waals surface area contributed by atoms with Gasteiger partial charge in [-0.2, -0.15) is 0 Å². The van der Waals surface area contributed by atoms with Crippen LogP contribution in [0.4, 0.5) is 0 Å². The molecule has 2 N–H and O–H groups in total. The molecule has 0 saturated heterocycles. The summed E-state index contributed by atoms with van der Waals surface area (Å²) < 4.78 is 0. The number of pyridine rings is 1. The first-order valence-corrected chi connectivity index (χ1v) is 6.86. The highest BCUT2D eigenvalue weighted by atomic mass is 14.9. The van der Waals surface area contributed by atoms with Crippen molar-refractivity contribution in [3.63, 3.8) is 0 Å². The lowest BCUT2D eigenvalue weighted by molar-refractivity contribution is 0.402. The van der Waals surface area contributed by atoms with Gasteiger partial charge in [0.25, 0.3) is 0 Å². The highest BCUT2D eigenvalue weighted by molar-refractivity contribution is 5.19. The van der Waals surface area contributed by atoms with E-state index in [4.69, 9.17) is 0 Å². The molecule has 3 nitrogen and oxygen atoms in total. The zero-order valence-electron chi connectivity index (χ0n) is 12.2. The minimum Gasteiger partial charge on any atom is -0.319 e. The van der Waals surface area contributed by atoms with E-state index in [-0.39, 0.29) is 5.41 Å². The van der Waals surface area contributed by atoms with Gasteiger partial charge >= 0.3 is 0 Å². The Hall–Kier alpha value is -0.930. The van der Waals surface area contributed by atoms with Gasteiger partial charge in [0.15, 0.2) is 0 Å². The van der Waals surface area contributed by atoms with Gasteiger partial charge in [-0.25, -0.2) is 0 Å². The van der Waals surface area contributed by atoms with Crippen molar-refractivity contribution in [2.45, 2.75) is 32.6 Å². The van der Waals surface area contributed by atoms with Crippen LogP contribution >= 0.6 is 0 Å². The summed E-state index contributed by atoms with van der Waals surface area (Å²) in [6.07, 6.45) is 5.00. The van der Waals surface area contributed by atoms with Crippen LogP contribution in [-0.2, 0) is 5.41 Å². The molecule has 0 fully saturated rings. The molecule has 0 spiro atoms. The fourth-order valence-corrected chi connectivity index (χ4v) is 2.10. The number of aromatic nitrogens is 1. The molecule has 0 bridgehead atoms. The third kappa shape index (κ3) is 4.75. The molecule has 18 heavy (non-hydrogen) atoms. The molecule has 3 heteroatoms. The minimum absolute atomic E-state index is 0.131. The van der Waals surface area contributed by atoms with Crippen LogP contribution in [-0.4, -0.2) is 31.7 Å². The first-order valence-electron chi connectivity index (χ1n) is 6.86. The average Bonchev–Trinajstić information content (AvgIpc) is 2.38. The lowest BCUT2D eigenvalue weighted by atomic mass is 9.85. The van der Waals surface area contributed by atoms with Crippen molar-refractivity contribution < 1.29 is 0 Å². The van der Waals surface area contributed by atoms with Gasteiger partial charge in [-0.1, -0.05) is 33.3 Å². The van der Waals surface area contributed by atoms with Crippen molar-refractivity contribution in [2.75, 3.05) is 26.7 Å². The van der Waals surface area contributed by atoms with Gasteiger partial charge in [0.05, 0.1) is 0 Å². The summed E-state index contributed by atoms with van der Waals surface area (Å²) in [5.41, 5.74) is 1.42. The molecule has 0 amide bonds. The zero-order valence-corrected chi connectivity index (χ0v) is 12.2. The van der Waals surface area contributed by atoms with Gasteiger partial charge in [0.1, 0.15) is 0 Å². The Morgan fingerprint density at radius 3 is 2.67 bits per heavy atom. The van der Waals surface area contributed by atoms with E-state index in [0.717, 1.165) is 19.6 Å². The van der Waals surface area contributed by atoms with E-state index < -0.39 is 0 Å². The van der Waals surface area contributed by atoms with Crippen molar-refractivity contribution in [3.8, 4) is 0 Å². The van der Waals surface area contributed by atoms with Crippen molar-refractivity contribution in [2.24, 2.45) is 5.92 Å². The van der Waals surface area contributed by atoms with Crippen molar-refractivity contribution in [1.29, 1.82) is 0 Å². The van der Waals surface area contributed by atoms with Crippen LogP contribution in [0.2, 0.25) is 0 Å². The Balaban J connectivity index is 2.42. The summed E-state index contributed by atoms with van der Waals surface area (Å²) in [5, 5.41) is 6.84. The number of hydrogen-bond donors (Lipinski definition) is 2. The molecule has 1 aromatic heterocycles. The van der Waals surface area contributed by atoms with E-state index in [1.807, 2.05) is 25.5 Å². The lowest BCUT2D eigenvalue weighted by Gasteiger charge is -2.26. The molecular weight excluding hydrogens is 222 g/mol. The van der Waals surface area contributed by atoms with E-state index in [0.29, 0.717) is 5.92 Å². The molecule has 1 aromatic rings. The fraction of sp³-hybridized carbons (Fsp3) is 0.667. The molecule has 0 saturated carbocycles. The summed E-state index contributed by atoms with van der Waals surface area (Å²) in [6, 6.07) is 4.16. The summed E-state index contributed by atoms with van der Waals surface area (Å²) in [6.45, 7) is 9.90. The molecule has 0 aliphatic carbocycles. The molecule has 1 unspecified atom stereocenters. The Labute approximate surface area is 111 Å². The van der Waals surface area contributed by atoms with E-state index in [9.17, 15) is 0 Å². The zero-order chi connectivity index (χ0) is 13.4. The van der Waals surface area contributed by atoms with Crippen molar-refractivity contribution in [1.82, 2.24) is 15.6 Å². The Kier molecular flexibility index (Phi) is 6.30. The predicted octanol–water partition coefficient (Wildman–Crippen LogP) is 2.19. The monoisotopic (exact) mass is 249 g/mol. The van der Waals surface area contributed by atoms with Crippen LogP contribution in [0.3, 0.4) is 0 Å². The van der Waals surface area contributed by atoms with Crippen LogP contribution in [0.25, 0.3) is 0 Å². The summed E-state index contributed by atoms with van der Waals surface area (Å²) >= 11 is 0. The average molecular weight is 249 g/mol. The maximum Gasteiger partial charge on any atom is 0.0305 e. The van der Waals surface area contributed by atoms with E-state index >= 15 is 0 Å². The van der Waals surface area contributed by atoms with Crippen LogP contribution in [0.5, 0.6) is 0 Å². The molecule has 1 heterocycles. The number of nitrogens with zero attached hydrogens (tertiary/aromatic N) is 1. The Morgan fingerprint density at radius 2 is 2.11 bits per heavy atom. The molecule has 102 valence electrons. The SMILES string of the molecule is CCC(CNC)CNCC(C)(C)c1cccnc1. The third-order valence-electron chi connectivity index (χ3n) is 3.51. The second kappa shape index (κ2) is 7.49. The van der Waals surface area contributed by atoms with Crippen LogP contribution in [0, 0.1) is 5.92 Å². The lowest BCUT2D eigenvalue weighted by Crippen LogP contribution is -2.37. The van der Waals surface area contributed by atoms with Gasteiger partial charge in [-0.3, -0.25) is 4.98 Å². The van der Waals surface area contributed by atoms with Gasteiger partial charge in [0.2, 0.25) is 0 Å². The van der Waals surface area contributed by atoms with Crippen LogP contribution in [0.1, 0.15) is 32.8 Å². The molecular formula is C15H27N3. The number of hydrogen-bond acceptors (Lipinski definition) is 3. The second-order valence-corrected chi connectivity index (χ2v) is 5.59. The number of rotatable bonds is 8. The Bertz CT molecular complexity index is 322. The highest BCUT2D eigenvalue weighted by Gasteiger charge is 2.20. The predicted molar refractivity (Wildman–Crippen MR) is 77.8 cm³/mol. The van der Waals surface area contributed by atoms with Gasteiger partial charge in [-0.15, -0.1) is 0 Å². The van der Waals surface area contributed by atoms with Gasteiger partial charge < -0.3 is 10.6 Å². The maximum atomic E-state index is 4.20. The molecule has 0 radical (unpaired) electrons. The molecule has 1 atom stereocenters. The summed E-state index contributed by atoms with van der Waals surface area (Å²) in [5.74, 6) is 0.708. The summed E-state index contributed by atoms with van der Waals surface area (Å²) in [4.78, 5) is 4.20. The van der Waals surface area contributed by atoms with E-state index in [1.165, 1.54) is 12.0 Å². The Morgan fingerprint density at radius 1 is 1.33 bits per heavy atom.